The van der Waals surface area contributed by atoms with Crippen molar-refractivity contribution in [1.29, 1.82) is 0 Å². The van der Waals surface area contributed by atoms with Crippen molar-refractivity contribution in [1.82, 2.24) is 10.2 Å². The van der Waals surface area contributed by atoms with Gasteiger partial charge in [0, 0.05) is 22.8 Å². The van der Waals surface area contributed by atoms with Crippen molar-refractivity contribution < 1.29 is 9.90 Å². The number of hydrogen-bond acceptors (Lipinski definition) is 4. The molecule has 1 aromatic heterocycles. The number of hydrogen-bond donors (Lipinski definition) is 2. The molecule has 102 valence electrons. The minimum absolute atomic E-state index is 0.115. The molecule has 4 nitrogen and oxygen atoms in total. The maximum atomic E-state index is 12.0. The van der Waals surface area contributed by atoms with Crippen LogP contribution in [0.4, 0.5) is 0 Å². The molecular weight excluding hydrogens is 248 g/mol. The van der Waals surface area contributed by atoms with Gasteiger partial charge in [-0.15, -0.1) is 11.3 Å². The summed E-state index contributed by atoms with van der Waals surface area (Å²) in [4.78, 5) is 16.0. The van der Waals surface area contributed by atoms with Gasteiger partial charge in [0.25, 0.3) is 5.91 Å². The fourth-order valence-electron chi connectivity index (χ4n) is 1.96. The molecule has 0 bridgehead atoms. The van der Waals surface area contributed by atoms with Crippen LogP contribution in [0, 0.1) is 13.8 Å². The molecule has 1 amide bonds. The maximum absolute atomic E-state index is 12.0. The van der Waals surface area contributed by atoms with Crippen LogP contribution in [0.25, 0.3) is 0 Å². The summed E-state index contributed by atoms with van der Waals surface area (Å²) in [6.45, 7) is 6.40. The topological polar surface area (TPSA) is 52.6 Å². The number of rotatable bonds is 5. The Balaban J connectivity index is 2.59. The van der Waals surface area contributed by atoms with Crippen LogP contribution >= 0.6 is 11.3 Å². The Morgan fingerprint density at radius 2 is 2.11 bits per heavy atom. The van der Waals surface area contributed by atoms with Gasteiger partial charge in [0.2, 0.25) is 0 Å². The van der Waals surface area contributed by atoms with Crippen LogP contribution in [0.5, 0.6) is 0 Å². The Bertz CT molecular complexity index is 425. The number of carbonyl (C=O) groups excluding carboxylic acids is 1. The average Bonchev–Trinajstić information content (AvgIpc) is 2.52. The quantitative estimate of drug-likeness (QED) is 0.850. The highest BCUT2D eigenvalue weighted by atomic mass is 32.1. The summed E-state index contributed by atoms with van der Waals surface area (Å²) in [5.74, 6) is -0.115. The zero-order valence-electron chi connectivity index (χ0n) is 11.7. The van der Waals surface area contributed by atoms with E-state index in [1.54, 1.807) is 18.3 Å². The van der Waals surface area contributed by atoms with Crippen molar-refractivity contribution >= 4 is 17.2 Å². The van der Waals surface area contributed by atoms with Gasteiger partial charge in [-0.1, -0.05) is 0 Å². The third kappa shape index (κ3) is 4.40. The molecule has 0 fully saturated rings. The van der Waals surface area contributed by atoms with E-state index in [1.807, 2.05) is 38.9 Å². The second-order valence-corrected chi connectivity index (χ2v) is 6.70. The number of carbonyl (C=O) groups is 1. The molecule has 1 unspecified atom stereocenters. The van der Waals surface area contributed by atoms with Crippen LogP contribution in [0.1, 0.15) is 27.0 Å². The van der Waals surface area contributed by atoms with E-state index in [9.17, 15) is 9.90 Å². The molecule has 5 heteroatoms. The zero-order chi connectivity index (χ0) is 13.9. The first-order valence-corrected chi connectivity index (χ1v) is 6.75. The lowest BCUT2D eigenvalue weighted by Gasteiger charge is -2.27. The highest BCUT2D eigenvalue weighted by Gasteiger charge is 2.23. The average molecular weight is 270 g/mol. The van der Waals surface area contributed by atoms with Crippen LogP contribution in [0.3, 0.4) is 0 Å². The largest absolute Gasteiger partial charge is 0.387 e. The van der Waals surface area contributed by atoms with Gasteiger partial charge < -0.3 is 15.3 Å². The predicted molar refractivity (Wildman–Crippen MR) is 75.3 cm³/mol. The minimum atomic E-state index is -0.919. The van der Waals surface area contributed by atoms with Crippen LogP contribution in [0.2, 0.25) is 0 Å². The first kappa shape index (κ1) is 15.1. The summed E-state index contributed by atoms with van der Waals surface area (Å²) in [5, 5.41) is 12.9. The lowest BCUT2D eigenvalue weighted by Crippen LogP contribution is -2.47. The molecule has 0 saturated carbocycles. The number of thiophene rings is 1. The van der Waals surface area contributed by atoms with E-state index < -0.39 is 5.60 Å². The van der Waals surface area contributed by atoms with Crippen molar-refractivity contribution in [2.24, 2.45) is 0 Å². The van der Waals surface area contributed by atoms with Gasteiger partial charge in [-0.05, 0) is 40.9 Å². The molecule has 0 radical (unpaired) electrons. The van der Waals surface area contributed by atoms with E-state index in [0.29, 0.717) is 12.1 Å². The highest BCUT2D eigenvalue weighted by molar-refractivity contribution is 7.12. The molecule has 2 N–H and O–H groups in total. The molecule has 18 heavy (non-hydrogen) atoms. The third-order valence-electron chi connectivity index (χ3n) is 2.57. The lowest BCUT2D eigenvalue weighted by atomic mass is 10.1. The molecule has 1 heterocycles. The molecule has 1 aromatic rings. The molecule has 0 aliphatic rings. The third-order valence-corrected chi connectivity index (χ3v) is 3.54. The van der Waals surface area contributed by atoms with E-state index in [2.05, 4.69) is 5.32 Å². The van der Waals surface area contributed by atoms with Crippen molar-refractivity contribution in [3.05, 3.63) is 21.4 Å². The van der Waals surface area contributed by atoms with Crippen LogP contribution in [-0.4, -0.2) is 48.7 Å². The summed E-state index contributed by atoms with van der Waals surface area (Å²) in [7, 11) is 3.78. The fourth-order valence-corrected chi connectivity index (χ4v) is 2.88. The van der Waals surface area contributed by atoms with Crippen LogP contribution in [0.15, 0.2) is 6.07 Å². The molecule has 0 aliphatic heterocycles. The molecule has 0 spiro atoms. The molecule has 1 rings (SSSR count). The monoisotopic (exact) mass is 270 g/mol. The van der Waals surface area contributed by atoms with Crippen molar-refractivity contribution in [2.75, 3.05) is 27.2 Å². The van der Waals surface area contributed by atoms with Crippen molar-refractivity contribution in [3.63, 3.8) is 0 Å². The number of nitrogens with zero attached hydrogens (tertiary/aromatic N) is 1. The molecule has 0 aliphatic carbocycles. The van der Waals surface area contributed by atoms with Gasteiger partial charge in [-0.25, -0.2) is 0 Å². The normalized spacial score (nSPS) is 14.6. The first-order chi connectivity index (χ1) is 8.21. The van der Waals surface area contributed by atoms with Crippen LogP contribution in [-0.2, 0) is 0 Å². The Kier molecular flexibility index (Phi) is 4.90. The lowest BCUT2D eigenvalue weighted by molar-refractivity contribution is 0.0326. The molecular formula is C13H22N2O2S. The van der Waals surface area contributed by atoms with Gasteiger partial charge in [-0.2, -0.15) is 0 Å². The van der Waals surface area contributed by atoms with E-state index in [0.717, 1.165) is 9.75 Å². The van der Waals surface area contributed by atoms with E-state index in [4.69, 9.17) is 0 Å². The van der Waals surface area contributed by atoms with E-state index in [1.165, 1.54) is 0 Å². The Morgan fingerprint density at radius 1 is 1.50 bits per heavy atom. The summed E-state index contributed by atoms with van der Waals surface area (Å²) in [5.41, 5.74) is -0.212. The number of nitrogens with one attached hydrogen (secondary N) is 1. The predicted octanol–water partition coefficient (Wildman–Crippen LogP) is 1.41. The molecule has 0 aromatic carbocycles. The molecule has 0 saturated heterocycles. The fraction of sp³-hybridized carbons (Fsp3) is 0.615. The summed E-state index contributed by atoms with van der Waals surface area (Å²) in [6.07, 6.45) is 0. The second-order valence-electron chi connectivity index (χ2n) is 5.24. The van der Waals surface area contributed by atoms with Crippen molar-refractivity contribution in [3.8, 4) is 0 Å². The van der Waals surface area contributed by atoms with E-state index in [-0.39, 0.29) is 12.5 Å². The first-order valence-electron chi connectivity index (χ1n) is 5.93. The van der Waals surface area contributed by atoms with Gasteiger partial charge in [0.05, 0.1) is 11.2 Å². The maximum Gasteiger partial charge on any atom is 0.252 e. The Hall–Kier alpha value is -0.910. The smallest absolute Gasteiger partial charge is 0.252 e. The summed E-state index contributed by atoms with van der Waals surface area (Å²) in [6, 6.07) is 1.88. The van der Waals surface area contributed by atoms with E-state index >= 15 is 0 Å². The van der Waals surface area contributed by atoms with Crippen molar-refractivity contribution in [2.45, 2.75) is 26.4 Å². The number of aliphatic hydroxyl groups is 1. The summed E-state index contributed by atoms with van der Waals surface area (Å²) < 4.78 is 0. The highest BCUT2D eigenvalue weighted by Crippen LogP contribution is 2.20. The van der Waals surface area contributed by atoms with Crippen LogP contribution < -0.4 is 5.32 Å². The number of aryl methyl sites for hydroxylation is 2. The SMILES string of the molecule is Cc1cc(C(=O)NCC(C)(O)CN(C)C)c(C)s1. The van der Waals surface area contributed by atoms with Gasteiger partial charge >= 0.3 is 0 Å². The van der Waals surface area contributed by atoms with Gasteiger partial charge in [0.1, 0.15) is 0 Å². The Labute approximate surface area is 113 Å². The standard InChI is InChI=1S/C13H22N2O2S/c1-9-6-11(10(2)18-9)12(16)14-7-13(3,17)8-15(4)5/h6,17H,7-8H2,1-5H3,(H,14,16). The minimum Gasteiger partial charge on any atom is -0.387 e. The van der Waals surface area contributed by atoms with Gasteiger partial charge in [0.15, 0.2) is 0 Å². The number of likely N-dealkylation sites (N-methyl/N-ethyl adjacent to an activating group) is 1. The molecule has 1 atom stereocenters. The zero-order valence-corrected chi connectivity index (χ0v) is 12.5. The second kappa shape index (κ2) is 5.82. The Morgan fingerprint density at radius 3 is 2.56 bits per heavy atom. The van der Waals surface area contributed by atoms with Gasteiger partial charge in [-0.3, -0.25) is 4.79 Å². The number of amides is 1. The summed E-state index contributed by atoms with van der Waals surface area (Å²) >= 11 is 1.61.